The van der Waals surface area contributed by atoms with Crippen LogP contribution in [0.15, 0.2) is 47.1 Å². The Balaban J connectivity index is 1.81. The summed E-state index contributed by atoms with van der Waals surface area (Å²) < 4.78 is 1.08. The third-order valence-corrected chi connectivity index (χ3v) is 4.52. The van der Waals surface area contributed by atoms with Crippen LogP contribution in [0.5, 0.6) is 0 Å². The fourth-order valence-electron chi connectivity index (χ4n) is 2.28. The van der Waals surface area contributed by atoms with Gasteiger partial charge in [-0.05, 0) is 61.7 Å². The van der Waals surface area contributed by atoms with Gasteiger partial charge >= 0.3 is 0 Å². The highest BCUT2D eigenvalue weighted by Crippen LogP contribution is 2.23. The Kier molecular flexibility index (Phi) is 4.76. The minimum Gasteiger partial charge on any atom is -0.339 e. The summed E-state index contributed by atoms with van der Waals surface area (Å²) in [6.07, 6.45) is 1.60. The van der Waals surface area contributed by atoms with E-state index in [-0.39, 0.29) is 0 Å². The number of nitrogens with zero attached hydrogens (tertiary/aromatic N) is 3. The van der Waals surface area contributed by atoms with Crippen LogP contribution >= 0.6 is 15.9 Å². The highest BCUT2D eigenvalue weighted by atomic mass is 79.9. The molecule has 3 aromatic rings. The smallest absolute Gasteiger partial charge is 0.249 e. The summed E-state index contributed by atoms with van der Waals surface area (Å²) in [6.45, 7) is 6.14. The van der Waals surface area contributed by atoms with Crippen LogP contribution in [0.4, 0.5) is 23.1 Å². The van der Waals surface area contributed by atoms with Crippen molar-refractivity contribution in [3.63, 3.8) is 0 Å². The lowest BCUT2D eigenvalue weighted by atomic mass is 10.1. The minimum absolute atomic E-state index is 0.461. The topological polar surface area (TPSA) is 62.7 Å². The van der Waals surface area contributed by atoms with E-state index in [4.69, 9.17) is 0 Å². The molecule has 2 aromatic carbocycles. The summed E-state index contributed by atoms with van der Waals surface area (Å²) in [7, 11) is 0. The first-order valence-electron chi connectivity index (χ1n) is 7.58. The predicted molar refractivity (Wildman–Crippen MR) is 101 cm³/mol. The minimum atomic E-state index is 0.461. The van der Waals surface area contributed by atoms with Crippen LogP contribution in [0.1, 0.15) is 16.7 Å². The summed E-state index contributed by atoms with van der Waals surface area (Å²) in [5.41, 5.74) is 5.39. The second-order valence-corrected chi connectivity index (χ2v) is 6.55. The van der Waals surface area contributed by atoms with E-state index in [0.717, 1.165) is 27.0 Å². The summed E-state index contributed by atoms with van der Waals surface area (Å²) in [5.74, 6) is 1.10. The maximum Gasteiger partial charge on any atom is 0.249 e. The second-order valence-electron chi connectivity index (χ2n) is 5.70. The quantitative estimate of drug-likeness (QED) is 0.659. The summed E-state index contributed by atoms with van der Waals surface area (Å²) in [4.78, 5) is 4.48. The van der Waals surface area contributed by atoms with Gasteiger partial charge in [-0.15, -0.1) is 5.10 Å². The number of anilines is 4. The number of halogens is 1. The van der Waals surface area contributed by atoms with Gasteiger partial charge in [0.15, 0.2) is 5.82 Å². The maximum atomic E-state index is 4.48. The van der Waals surface area contributed by atoms with Crippen molar-refractivity contribution >= 4 is 39.1 Å². The molecular formula is C18H18BrN5. The molecule has 5 nitrogen and oxygen atoms in total. The van der Waals surface area contributed by atoms with E-state index in [2.05, 4.69) is 66.9 Å². The van der Waals surface area contributed by atoms with Gasteiger partial charge in [0, 0.05) is 15.8 Å². The first-order valence-corrected chi connectivity index (χ1v) is 8.38. The lowest BCUT2D eigenvalue weighted by Crippen LogP contribution is -2.03. The number of aromatic nitrogens is 3. The van der Waals surface area contributed by atoms with Crippen molar-refractivity contribution in [2.45, 2.75) is 20.8 Å². The molecule has 0 radical (unpaired) electrons. The van der Waals surface area contributed by atoms with Crippen molar-refractivity contribution in [2.75, 3.05) is 10.6 Å². The molecular weight excluding hydrogens is 366 g/mol. The zero-order valence-corrected chi connectivity index (χ0v) is 15.3. The number of aryl methyl sites for hydroxylation is 3. The Morgan fingerprint density at radius 3 is 2.54 bits per heavy atom. The van der Waals surface area contributed by atoms with Crippen LogP contribution < -0.4 is 10.6 Å². The molecule has 0 fully saturated rings. The van der Waals surface area contributed by atoms with Gasteiger partial charge in [0.1, 0.15) is 0 Å². The molecule has 0 spiro atoms. The van der Waals surface area contributed by atoms with Gasteiger partial charge in [-0.3, -0.25) is 0 Å². The highest BCUT2D eigenvalue weighted by molar-refractivity contribution is 9.10. The summed E-state index contributed by atoms with van der Waals surface area (Å²) in [5, 5.41) is 14.6. The maximum absolute atomic E-state index is 4.48. The molecule has 122 valence electrons. The van der Waals surface area contributed by atoms with Gasteiger partial charge in [-0.1, -0.05) is 28.1 Å². The Hall–Kier alpha value is -2.47. The van der Waals surface area contributed by atoms with Gasteiger partial charge < -0.3 is 10.6 Å². The molecule has 2 N–H and O–H groups in total. The molecule has 0 bridgehead atoms. The first-order chi connectivity index (χ1) is 11.5. The number of hydrogen-bond acceptors (Lipinski definition) is 5. The van der Waals surface area contributed by atoms with Gasteiger partial charge in [-0.2, -0.15) is 10.1 Å². The molecule has 1 aromatic heterocycles. The Labute approximate surface area is 149 Å². The third-order valence-electron chi connectivity index (χ3n) is 3.63. The zero-order chi connectivity index (χ0) is 17.1. The van der Waals surface area contributed by atoms with Crippen molar-refractivity contribution in [3.8, 4) is 0 Å². The lowest BCUT2D eigenvalue weighted by molar-refractivity contribution is 0.981. The first kappa shape index (κ1) is 16.4. The summed E-state index contributed by atoms with van der Waals surface area (Å²) >= 11 is 3.50. The van der Waals surface area contributed by atoms with Crippen molar-refractivity contribution in [2.24, 2.45) is 0 Å². The van der Waals surface area contributed by atoms with Crippen LogP contribution in [0, 0.1) is 20.8 Å². The van der Waals surface area contributed by atoms with Gasteiger partial charge in [0.2, 0.25) is 5.95 Å². The molecule has 0 saturated carbocycles. The van der Waals surface area contributed by atoms with E-state index in [1.807, 2.05) is 32.0 Å². The molecule has 0 amide bonds. The van der Waals surface area contributed by atoms with E-state index in [0.29, 0.717) is 11.8 Å². The number of benzene rings is 2. The van der Waals surface area contributed by atoms with Crippen molar-refractivity contribution in [1.29, 1.82) is 0 Å². The molecule has 0 atom stereocenters. The average Bonchev–Trinajstić information content (AvgIpc) is 2.55. The van der Waals surface area contributed by atoms with Crippen molar-refractivity contribution in [1.82, 2.24) is 15.2 Å². The van der Waals surface area contributed by atoms with E-state index in [1.165, 1.54) is 5.56 Å². The van der Waals surface area contributed by atoms with Crippen molar-refractivity contribution in [3.05, 3.63) is 63.8 Å². The highest BCUT2D eigenvalue weighted by Gasteiger charge is 2.05. The van der Waals surface area contributed by atoms with Crippen LogP contribution in [0.2, 0.25) is 0 Å². The Morgan fingerprint density at radius 2 is 1.75 bits per heavy atom. The molecule has 0 saturated heterocycles. The second kappa shape index (κ2) is 6.97. The number of hydrogen-bond donors (Lipinski definition) is 2. The van der Waals surface area contributed by atoms with Crippen LogP contribution in [0.25, 0.3) is 0 Å². The number of nitrogens with one attached hydrogen (secondary N) is 2. The molecule has 0 aliphatic carbocycles. The van der Waals surface area contributed by atoms with E-state index in [9.17, 15) is 0 Å². The van der Waals surface area contributed by atoms with Crippen LogP contribution in [-0.2, 0) is 0 Å². The van der Waals surface area contributed by atoms with E-state index in [1.54, 1.807) is 6.20 Å². The van der Waals surface area contributed by atoms with Crippen molar-refractivity contribution < 1.29 is 0 Å². The SMILES string of the molecule is Cc1ccc(C)c(Nc2nncc(Nc3ccc(Br)c(C)c3)n2)c1. The van der Waals surface area contributed by atoms with Crippen LogP contribution in [0.3, 0.4) is 0 Å². The van der Waals surface area contributed by atoms with E-state index < -0.39 is 0 Å². The Morgan fingerprint density at radius 1 is 0.917 bits per heavy atom. The fraction of sp³-hybridized carbons (Fsp3) is 0.167. The van der Waals surface area contributed by atoms with Gasteiger partial charge in [-0.25, -0.2) is 0 Å². The number of rotatable bonds is 4. The fourth-order valence-corrected chi connectivity index (χ4v) is 2.52. The standard InChI is InChI=1S/C18H18BrN5/c1-11-4-5-12(2)16(8-11)22-18-23-17(10-20-24-18)21-14-6-7-15(19)13(3)9-14/h4-10H,1-3H3,(H2,21,22,23,24). The molecule has 0 aliphatic heterocycles. The van der Waals surface area contributed by atoms with E-state index >= 15 is 0 Å². The molecule has 1 heterocycles. The molecule has 0 unspecified atom stereocenters. The summed E-state index contributed by atoms with van der Waals surface area (Å²) in [6, 6.07) is 12.2. The zero-order valence-electron chi connectivity index (χ0n) is 13.8. The molecule has 0 aliphatic rings. The monoisotopic (exact) mass is 383 g/mol. The van der Waals surface area contributed by atoms with Gasteiger partial charge in [0.05, 0.1) is 6.20 Å². The lowest BCUT2D eigenvalue weighted by Gasteiger charge is -2.10. The predicted octanol–water partition coefficient (Wildman–Crippen LogP) is 5.05. The molecule has 3 rings (SSSR count). The average molecular weight is 384 g/mol. The molecule has 6 heteroatoms. The normalized spacial score (nSPS) is 10.5. The largest absolute Gasteiger partial charge is 0.339 e. The van der Waals surface area contributed by atoms with Crippen LogP contribution in [-0.4, -0.2) is 15.2 Å². The van der Waals surface area contributed by atoms with Gasteiger partial charge in [0.25, 0.3) is 0 Å². The third kappa shape index (κ3) is 3.89. The Bertz CT molecular complexity index is 879. The molecule has 24 heavy (non-hydrogen) atoms.